The van der Waals surface area contributed by atoms with Gasteiger partial charge in [0, 0.05) is 19.5 Å². The Balaban J connectivity index is 1.13. The van der Waals surface area contributed by atoms with Gasteiger partial charge in [-0.1, -0.05) is 58.9 Å². The highest BCUT2D eigenvalue weighted by atomic mass is 16.4. The maximum absolute atomic E-state index is 14.4. The summed E-state index contributed by atoms with van der Waals surface area (Å²) in [4.78, 5) is 38.1. The van der Waals surface area contributed by atoms with Crippen LogP contribution in [0.4, 0.5) is 0 Å². The lowest BCUT2D eigenvalue weighted by atomic mass is 9.32. The molecule has 0 aliphatic heterocycles. The Bertz CT molecular complexity index is 1470. The number of hydrogen-bond acceptors (Lipinski definition) is 4. The van der Waals surface area contributed by atoms with Gasteiger partial charge < -0.3 is 20.8 Å². The van der Waals surface area contributed by atoms with Gasteiger partial charge in [0.25, 0.3) is 0 Å². The summed E-state index contributed by atoms with van der Waals surface area (Å²) in [5.41, 5.74) is 2.46. The Kier molecular flexibility index (Phi) is 9.46. The molecule has 0 heterocycles. The lowest BCUT2D eigenvalue weighted by Crippen LogP contribution is -2.67. The zero-order valence-electron chi connectivity index (χ0n) is 31.0. The molecular formula is C42H62N2O5. The van der Waals surface area contributed by atoms with E-state index >= 15 is 0 Å². The molecule has 0 spiro atoms. The van der Waals surface area contributed by atoms with Crippen molar-refractivity contribution in [2.24, 2.45) is 56.7 Å². The van der Waals surface area contributed by atoms with Gasteiger partial charge in [-0.3, -0.25) is 9.59 Å². The van der Waals surface area contributed by atoms with E-state index in [2.05, 4.69) is 58.8 Å². The molecule has 0 saturated heterocycles. The van der Waals surface area contributed by atoms with Gasteiger partial charge in [0.2, 0.25) is 11.8 Å². The normalized spacial score (nSPS) is 40.6. The summed E-state index contributed by atoms with van der Waals surface area (Å²) in [5.74, 6) is 1.46. The van der Waals surface area contributed by atoms with Gasteiger partial charge in [-0.05, 0) is 146 Å². The molecule has 0 radical (unpaired) electrons. The number of carbonyl (C=O) groups excluding carboxylic acids is 2. The molecule has 49 heavy (non-hydrogen) atoms. The SMILES string of the molecule is C=C(C)[C@@H]1CC[C@]2(C(=O)NCCCC(=O)NCc3ccc(C(=O)O)cc3)CC[C@]3(C)[C@H](CCC4[C@@]5(C)CC[C@H](O)C(C)(C)[C@@H]5CC[C@]43C)[C@@H]12. The van der Waals surface area contributed by atoms with E-state index in [0.717, 1.165) is 44.1 Å². The van der Waals surface area contributed by atoms with Crippen molar-refractivity contribution in [3.05, 3.63) is 47.5 Å². The summed E-state index contributed by atoms with van der Waals surface area (Å²) in [6, 6.07) is 6.52. The first-order valence-electron chi connectivity index (χ1n) is 19.2. The van der Waals surface area contributed by atoms with Crippen molar-refractivity contribution in [3.63, 3.8) is 0 Å². The second-order valence-corrected chi connectivity index (χ2v) is 18.4. The molecule has 1 aromatic carbocycles. The molecule has 1 unspecified atom stereocenters. The topological polar surface area (TPSA) is 116 Å². The molecule has 4 N–H and O–H groups in total. The summed E-state index contributed by atoms with van der Waals surface area (Å²) in [6.07, 6.45) is 11.4. The number of hydrogen-bond donors (Lipinski definition) is 4. The van der Waals surface area contributed by atoms with E-state index in [1.807, 2.05) is 0 Å². The van der Waals surface area contributed by atoms with E-state index in [1.165, 1.54) is 31.3 Å². The minimum absolute atomic E-state index is 0.0567. The van der Waals surface area contributed by atoms with Crippen molar-refractivity contribution in [1.29, 1.82) is 0 Å². The molecule has 5 saturated carbocycles. The molecule has 10 atom stereocenters. The van der Waals surface area contributed by atoms with Crippen molar-refractivity contribution < 1.29 is 24.6 Å². The molecule has 5 aliphatic rings. The lowest BCUT2D eigenvalue weighted by molar-refractivity contribution is -0.246. The molecule has 2 amide bonds. The van der Waals surface area contributed by atoms with Crippen molar-refractivity contribution >= 4 is 17.8 Å². The highest BCUT2D eigenvalue weighted by Gasteiger charge is 2.71. The quantitative estimate of drug-likeness (QED) is 0.157. The minimum Gasteiger partial charge on any atom is -0.478 e. The largest absolute Gasteiger partial charge is 0.478 e. The molecular weight excluding hydrogens is 612 g/mol. The fraction of sp³-hybridized carbons (Fsp3) is 0.738. The molecule has 0 bridgehead atoms. The molecule has 5 aliphatic carbocycles. The molecule has 5 fully saturated rings. The minimum atomic E-state index is -0.970. The van der Waals surface area contributed by atoms with Gasteiger partial charge in [-0.15, -0.1) is 0 Å². The van der Waals surface area contributed by atoms with Crippen LogP contribution in [0.15, 0.2) is 36.4 Å². The van der Waals surface area contributed by atoms with Crippen molar-refractivity contribution in [1.82, 2.24) is 10.6 Å². The maximum atomic E-state index is 14.4. The predicted molar refractivity (Wildman–Crippen MR) is 192 cm³/mol. The van der Waals surface area contributed by atoms with Crippen LogP contribution in [0.2, 0.25) is 0 Å². The predicted octanol–water partition coefficient (Wildman–Crippen LogP) is 7.92. The summed E-state index contributed by atoms with van der Waals surface area (Å²) >= 11 is 0. The standard InChI is InChI=1S/C42H62N2O5/c1-26(2)29-16-21-42(37(49)43-24-8-9-34(46)44-25-27-10-12-28(13-11-27)36(47)48)23-22-40(6)30(35(29)42)14-15-32-39(5)19-18-33(45)38(3,4)31(39)17-20-41(32,40)7/h10-13,29-33,35,45H,1,8-9,14-25H2,2-7H3,(H,43,49)(H,44,46)(H,47,48)/t29-,30+,31-,32?,33-,35+,39-,40+,41+,42-/m0/s1. The van der Waals surface area contributed by atoms with Crippen LogP contribution < -0.4 is 10.6 Å². The number of aliphatic hydroxyl groups is 1. The van der Waals surface area contributed by atoms with Gasteiger partial charge in [0.15, 0.2) is 0 Å². The number of nitrogens with one attached hydrogen (secondary N) is 2. The lowest BCUT2D eigenvalue weighted by Gasteiger charge is -2.72. The summed E-state index contributed by atoms with van der Waals surface area (Å²) in [5, 5.41) is 26.4. The van der Waals surface area contributed by atoms with Crippen LogP contribution in [0.3, 0.4) is 0 Å². The monoisotopic (exact) mass is 674 g/mol. The molecule has 1 aromatic rings. The summed E-state index contributed by atoms with van der Waals surface area (Å²) in [7, 11) is 0. The zero-order valence-corrected chi connectivity index (χ0v) is 31.0. The number of aliphatic hydroxyl groups excluding tert-OH is 1. The second-order valence-electron chi connectivity index (χ2n) is 18.4. The Labute approximate surface area is 294 Å². The Morgan fingerprint density at radius 1 is 0.837 bits per heavy atom. The first-order valence-corrected chi connectivity index (χ1v) is 19.2. The Morgan fingerprint density at radius 3 is 2.22 bits per heavy atom. The summed E-state index contributed by atoms with van der Waals surface area (Å²) in [6.45, 7) is 19.9. The van der Waals surface area contributed by atoms with Crippen LogP contribution in [0.1, 0.15) is 135 Å². The fourth-order valence-electron chi connectivity index (χ4n) is 13.2. The Hall–Kier alpha value is -2.67. The number of carboxylic acids is 1. The number of benzene rings is 1. The first kappa shape index (κ1) is 36.1. The third-order valence-electron chi connectivity index (χ3n) is 16.1. The molecule has 0 aromatic heterocycles. The highest BCUT2D eigenvalue weighted by molar-refractivity contribution is 5.87. The van der Waals surface area contributed by atoms with Crippen LogP contribution in [-0.2, 0) is 16.1 Å². The zero-order chi connectivity index (χ0) is 35.6. The van der Waals surface area contributed by atoms with Crippen LogP contribution in [0.25, 0.3) is 0 Å². The van der Waals surface area contributed by atoms with E-state index in [4.69, 9.17) is 5.11 Å². The van der Waals surface area contributed by atoms with Crippen LogP contribution in [0, 0.1) is 56.7 Å². The van der Waals surface area contributed by atoms with E-state index in [0.29, 0.717) is 55.5 Å². The van der Waals surface area contributed by atoms with Crippen molar-refractivity contribution in [2.75, 3.05) is 6.54 Å². The molecule has 7 heteroatoms. The molecule has 270 valence electrons. The van der Waals surface area contributed by atoms with Crippen LogP contribution in [-0.4, -0.2) is 40.6 Å². The van der Waals surface area contributed by atoms with Crippen molar-refractivity contribution in [2.45, 2.75) is 131 Å². The van der Waals surface area contributed by atoms with Gasteiger partial charge >= 0.3 is 5.97 Å². The number of aromatic carboxylic acids is 1. The van der Waals surface area contributed by atoms with Gasteiger partial charge in [-0.25, -0.2) is 4.79 Å². The van der Waals surface area contributed by atoms with E-state index in [9.17, 15) is 19.5 Å². The molecule has 7 nitrogen and oxygen atoms in total. The average Bonchev–Trinajstić information content (AvgIpc) is 3.46. The van der Waals surface area contributed by atoms with E-state index in [-0.39, 0.29) is 50.6 Å². The number of rotatable bonds is 9. The van der Waals surface area contributed by atoms with Gasteiger partial charge in [0.1, 0.15) is 0 Å². The smallest absolute Gasteiger partial charge is 0.335 e. The Morgan fingerprint density at radius 2 is 1.55 bits per heavy atom. The third kappa shape index (κ3) is 5.69. The first-order chi connectivity index (χ1) is 23.0. The number of fused-ring (bicyclic) bond motifs is 7. The van der Waals surface area contributed by atoms with Crippen LogP contribution >= 0.6 is 0 Å². The van der Waals surface area contributed by atoms with Crippen LogP contribution in [0.5, 0.6) is 0 Å². The highest BCUT2D eigenvalue weighted by Crippen LogP contribution is 2.77. The van der Waals surface area contributed by atoms with Crippen molar-refractivity contribution in [3.8, 4) is 0 Å². The average molecular weight is 675 g/mol. The maximum Gasteiger partial charge on any atom is 0.335 e. The van der Waals surface area contributed by atoms with E-state index in [1.54, 1.807) is 24.3 Å². The fourth-order valence-corrected chi connectivity index (χ4v) is 13.2. The number of carbonyl (C=O) groups is 3. The second kappa shape index (κ2) is 12.8. The number of carboxylic acid groups (broad SMARTS) is 1. The van der Waals surface area contributed by atoms with Gasteiger partial charge in [-0.2, -0.15) is 0 Å². The number of amides is 2. The molecule has 6 rings (SSSR count). The van der Waals surface area contributed by atoms with E-state index < -0.39 is 5.97 Å². The third-order valence-corrected chi connectivity index (χ3v) is 16.1. The summed E-state index contributed by atoms with van der Waals surface area (Å²) < 4.78 is 0. The van der Waals surface area contributed by atoms with Gasteiger partial charge in [0.05, 0.1) is 17.1 Å². The number of allylic oxidation sites excluding steroid dienone is 1.